The largest absolute Gasteiger partial charge is 0.373 e. The molecule has 1 nitrogen and oxygen atoms in total. The van der Waals surface area contributed by atoms with E-state index in [9.17, 15) is 0 Å². The minimum atomic E-state index is 0.646. The Morgan fingerprint density at radius 1 is 1.40 bits per heavy atom. The van der Waals surface area contributed by atoms with Crippen molar-refractivity contribution in [3.8, 4) is 0 Å². The van der Waals surface area contributed by atoms with Gasteiger partial charge in [0.2, 0.25) is 0 Å². The third-order valence-electron chi connectivity index (χ3n) is 2.14. The van der Waals surface area contributed by atoms with Gasteiger partial charge >= 0.3 is 0 Å². The maximum absolute atomic E-state index is 4.04. The van der Waals surface area contributed by atoms with Gasteiger partial charge in [-0.05, 0) is 33.1 Å². The number of hydrogen-bond acceptors (Lipinski definition) is 1. The summed E-state index contributed by atoms with van der Waals surface area (Å²) in [6.07, 6.45) is 3.89. The van der Waals surface area contributed by atoms with Crippen LogP contribution in [0.4, 0.5) is 0 Å². The normalized spacial score (nSPS) is 20.3. The predicted molar refractivity (Wildman–Crippen MR) is 44.8 cm³/mol. The van der Waals surface area contributed by atoms with Crippen LogP contribution in [0.25, 0.3) is 0 Å². The number of likely N-dealkylation sites (tertiary alicyclic amines) is 1. The van der Waals surface area contributed by atoms with E-state index in [2.05, 4.69) is 25.3 Å². The molecule has 1 aliphatic rings. The zero-order chi connectivity index (χ0) is 7.56. The summed E-state index contributed by atoms with van der Waals surface area (Å²) >= 11 is 0. The van der Waals surface area contributed by atoms with Gasteiger partial charge in [-0.25, -0.2) is 0 Å². The smallest absolute Gasteiger partial charge is 0.0230 e. The number of hydrogen-bond donors (Lipinski definition) is 0. The van der Waals surface area contributed by atoms with Crippen molar-refractivity contribution in [2.45, 2.75) is 39.2 Å². The Kier molecular flexibility index (Phi) is 2.36. The van der Waals surface area contributed by atoms with Gasteiger partial charge in [0.25, 0.3) is 0 Å². The van der Waals surface area contributed by atoms with Gasteiger partial charge < -0.3 is 4.90 Å². The fourth-order valence-electron chi connectivity index (χ4n) is 1.54. The quantitative estimate of drug-likeness (QED) is 0.539. The summed E-state index contributed by atoms with van der Waals surface area (Å²) < 4.78 is 0. The van der Waals surface area contributed by atoms with Gasteiger partial charge in [0, 0.05) is 18.3 Å². The van der Waals surface area contributed by atoms with Crippen molar-refractivity contribution in [1.82, 2.24) is 4.90 Å². The molecule has 0 aromatic carbocycles. The molecule has 58 valence electrons. The third-order valence-corrected chi connectivity index (χ3v) is 2.14. The Labute approximate surface area is 63.7 Å². The zero-order valence-electron chi connectivity index (χ0n) is 7.06. The molecule has 0 aromatic heterocycles. The van der Waals surface area contributed by atoms with Crippen LogP contribution < -0.4 is 0 Å². The lowest BCUT2D eigenvalue weighted by molar-refractivity contribution is 0.242. The summed E-state index contributed by atoms with van der Waals surface area (Å²) in [6.45, 7) is 9.73. The van der Waals surface area contributed by atoms with E-state index >= 15 is 0 Å². The molecular weight excluding hydrogens is 122 g/mol. The second-order valence-corrected chi connectivity index (χ2v) is 3.31. The summed E-state index contributed by atoms with van der Waals surface area (Å²) in [5.74, 6) is 0. The van der Waals surface area contributed by atoms with Gasteiger partial charge in [0.1, 0.15) is 0 Å². The van der Waals surface area contributed by atoms with Crippen molar-refractivity contribution in [3.63, 3.8) is 0 Å². The average Bonchev–Trinajstić information content (AvgIpc) is 1.88. The standard InChI is InChI=1S/C9H17N/c1-8(2)10-7-5-4-6-9(10)3/h8H,3-7H2,1-2H3. The van der Waals surface area contributed by atoms with Crippen molar-refractivity contribution < 1.29 is 0 Å². The third kappa shape index (κ3) is 1.53. The van der Waals surface area contributed by atoms with Crippen molar-refractivity contribution >= 4 is 0 Å². The number of piperidine rings is 1. The first-order valence-electron chi connectivity index (χ1n) is 4.16. The molecule has 1 rings (SSSR count). The summed E-state index contributed by atoms with van der Waals surface area (Å²) in [5, 5.41) is 0. The Bertz CT molecular complexity index is 127. The van der Waals surface area contributed by atoms with Crippen LogP contribution in [0.15, 0.2) is 12.3 Å². The summed E-state index contributed by atoms with van der Waals surface area (Å²) in [6, 6.07) is 0.646. The van der Waals surface area contributed by atoms with E-state index in [-0.39, 0.29) is 0 Å². The molecule has 1 heteroatoms. The average molecular weight is 139 g/mol. The Balaban J connectivity index is 2.48. The molecule has 0 spiro atoms. The minimum Gasteiger partial charge on any atom is -0.373 e. The molecule has 0 aromatic rings. The monoisotopic (exact) mass is 139 g/mol. The highest BCUT2D eigenvalue weighted by molar-refractivity contribution is 4.98. The number of nitrogens with zero attached hydrogens (tertiary/aromatic N) is 1. The van der Waals surface area contributed by atoms with Crippen LogP contribution in [0.1, 0.15) is 33.1 Å². The summed E-state index contributed by atoms with van der Waals surface area (Å²) in [4.78, 5) is 2.41. The summed E-state index contributed by atoms with van der Waals surface area (Å²) in [5.41, 5.74) is 1.33. The molecule has 1 aliphatic heterocycles. The van der Waals surface area contributed by atoms with E-state index < -0.39 is 0 Å². The van der Waals surface area contributed by atoms with Gasteiger partial charge in [0.05, 0.1) is 0 Å². The molecule has 1 saturated heterocycles. The molecule has 0 N–H and O–H groups in total. The first kappa shape index (κ1) is 7.64. The maximum Gasteiger partial charge on any atom is 0.0230 e. The van der Waals surface area contributed by atoms with E-state index in [0.717, 1.165) is 0 Å². The second kappa shape index (κ2) is 3.09. The highest BCUT2D eigenvalue weighted by atomic mass is 15.2. The first-order chi connectivity index (χ1) is 4.72. The van der Waals surface area contributed by atoms with E-state index in [4.69, 9.17) is 0 Å². The first-order valence-corrected chi connectivity index (χ1v) is 4.16. The maximum atomic E-state index is 4.04. The molecule has 0 radical (unpaired) electrons. The molecule has 0 atom stereocenters. The van der Waals surface area contributed by atoms with Crippen LogP contribution >= 0.6 is 0 Å². The predicted octanol–water partition coefficient (Wildman–Crippen LogP) is 2.39. The summed E-state index contributed by atoms with van der Waals surface area (Å²) in [7, 11) is 0. The Morgan fingerprint density at radius 2 is 2.10 bits per heavy atom. The lowest BCUT2D eigenvalue weighted by atomic mass is 10.1. The molecule has 0 amide bonds. The fourth-order valence-corrected chi connectivity index (χ4v) is 1.54. The van der Waals surface area contributed by atoms with E-state index in [1.54, 1.807) is 0 Å². The SMILES string of the molecule is C=C1CCCCN1C(C)C. The van der Waals surface area contributed by atoms with Crippen molar-refractivity contribution in [2.24, 2.45) is 0 Å². The molecular formula is C9H17N. The van der Waals surface area contributed by atoms with E-state index in [0.29, 0.717) is 6.04 Å². The zero-order valence-corrected chi connectivity index (χ0v) is 7.06. The van der Waals surface area contributed by atoms with Gasteiger partial charge in [-0.2, -0.15) is 0 Å². The molecule has 0 unspecified atom stereocenters. The molecule has 1 fully saturated rings. The van der Waals surface area contributed by atoms with Gasteiger partial charge in [-0.1, -0.05) is 6.58 Å². The molecule has 10 heavy (non-hydrogen) atoms. The van der Waals surface area contributed by atoms with Gasteiger partial charge in [0.15, 0.2) is 0 Å². The lowest BCUT2D eigenvalue weighted by Gasteiger charge is -2.34. The topological polar surface area (TPSA) is 3.24 Å². The Hall–Kier alpha value is -0.460. The number of rotatable bonds is 1. The van der Waals surface area contributed by atoms with Crippen molar-refractivity contribution in [1.29, 1.82) is 0 Å². The highest BCUT2D eigenvalue weighted by Gasteiger charge is 2.14. The Morgan fingerprint density at radius 3 is 2.50 bits per heavy atom. The molecule has 0 bridgehead atoms. The number of allylic oxidation sites excluding steroid dienone is 1. The molecule has 0 aliphatic carbocycles. The van der Waals surface area contributed by atoms with Crippen LogP contribution in [0.5, 0.6) is 0 Å². The van der Waals surface area contributed by atoms with E-state index in [1.807, 2.05) is 0 Å². The fraction of sp³-hybridized carbons (Fsp3) is 0.778. The van der Waals surface area contributed by atoms with Crippen LogP contribution in [0.3, 0.4) is 0 Å². The highest BCUT2D eigenvalue weighted by Crippen LogP contribution is 2.20. The van der Waals surface area contributed by atoms with Crippen LogP contribution in [0.2, 0.25) is 0 Å². The second-order valence-electron chi connectivity index (χ2n) is 3.31. The van der Waals surface area contributed by atoms with Crippen molar-refractivity contribution in [3.05, 3.63) is 12.3 Å². The van der Waals surface area contributed by atoms with Gasteiger partial charge in [-0.15, -0.1) is 0 Å². The van der Waals surface area contributed by atoms with Crippen LogP contribution in [0, 0.1) is 0 Å². The van der Waals surface area contributed by atoms with Crippen molar-refractivity contribution in [2.75, 3.05) is 6.54 Å². The molecule has 0 saturated carbocycles. The lowest BCUT2D eigenvalue weighted by Crippen LogP contribution is -2.33. The van der Waals surface area contributed by atoms with Gasteiger partial charge in [-0.3, -0.25) is 0 Å². The van der Waals surface area contributed by atoms with Crippen LogP contribution in [-0.4, -0.2) is 17.5 Å². The van der Waals surface area contributed by atoms with Crippen LogP contribution in [-0.2, 0) is 0 Å². The minimum absolute atomic E-state index is 0.646. The molecule has 1 heterocycles. The van der Waals surface area contributed by atoms with E-state index in [1.165, 1.54) is 31.5 Å².